The fraction of sp³-hybridized carbons (Fsp3) is 0.217. The summed E-state index contributed by atoms with van der Waals surface area (Å²) in [6, 6.07) is 15.9. The first-order chi connectivity index (χ1) is 15.7. The number of ether oxygens (including phenoxy) is 2. The lowest BCUT2D eigenvalue weighted by Gasteiger charge is -2.11. The van der Waals surface area contributed by atoms with Crippen LogP contribution in [0.1, 0.15) is 40.4 Å². The minimum atomic E-state index is -0.355. The van der Waals surface area contributed by atoms with Crippen molar-refractivity contribution in [2.45, 2.75) is 25.4 Å². The average Bonchev–Trinajstić information content (AvgIpc) is 3.39. The van der Waals surface area contributed by atoms with Crippen molar-refractivity contribution >= 4 is 22.4 Å². The zero-order valence-corrected chi connectivity index (χ0v) is 18.2. The second-order valence-electron chi connectivity index (χ2n) is 7.45. The van der Waals surface area contributed by atoms with Crippen LogP contribution in [0, 0.1) is 0 Å². The molecule has 0 spiro atoms. The summed E-state index contributed by atoms with van der Waals surface area (Å²) in [5.41, 5.74) is 3.52. The molecule has 8 nitrogen and oxygen atoms in total. The lowest BCUT2D eigenvalue weighted by Crippen LogP contribution is -2.16. The minimum Gasteiger partial charge on any atom is -0.495 e. The Morgan fingerprint density at radius 2 is 1.97 bits per heavy atom. The highest BCUT2D eigenvalue weighted by molar-refractivity contribution is 7.17. The predicted octanol–water partition coefficient (Wildman–Crippen LogP) is 4.44. The largest absolute Gasteiger partial charge is 0.495 e. The van der Waals surface area contributed by atoms with Gasteiger partial charge in [0.1, 0.15) is 18.1 Å². The van der Waals surface area contributed by atoms with Gasteiger partial charge in [-0.25, -0.2) is 4.98 Å². The Morgan fingerprint density at radius 3 is 2.75 bits per heavy atom. The summed E-state index contributed by atoms with van der Waals surface area (Å²) >= 11 is 1.17. The molecule has 0 atom stereocenters. The van der Waals surface area contributed by atoms with Crippen molar-refractivity contribution in [2.24, 2.45) is 0 Å². The molecule has 0 saturated heterocycles. The Kier molecular flexibility index (Phi) is 5.55. The Bertz CT molecular complexity index is 1230. The van der Waals surface area contributed by atoms with Crippen LogP contribution in [0.25, 0.3) is 5.69 Å². The lowest BCUT2D eigenvalue weighted by molar-refractivity contribution is 0.102. The molecule has 1 saturated carbocycles. The highest BCUT2D eigenvalue weighted by atomic mass is 32.1. The fourth-order valence-corrected chi connectivity index (χ4v) is 4.00. The summed E-state index contributed by atoms with van der Waals surface area (Å²) in [5.74, 6) is 1.02. The molecule has 4 aromatic rings. The van der Waals surface area contributed by atoms with E-state index in [-0.39, 0.29) is 5.91 Å². The molecular weight excluding hydrogens is 426 g/mol. The van der Waals surface area contributed by atoms with Gasteiger partial charge in [0, 0.05) is 0 Å². The maximum atomic E-state index is 12.8. The number of carbonyl (C=O) groups excluding carboxylic acids is 1. The van der Waals surface area contributed by atoms with Gasteiger partial charge in [-0.05, 0) is 53.4 Å². The van der Waals surface area contributed by atoms with Gasteiger partial charge in [-0.1, -0.05) is 41.5 Å². The smallest absolute Gasteiger partial charge is 0.296 e. The molecule has 1 N–H and O–H groups in total. The number of anilines is 1. The van der Waals surface area contributed by atoms with Gasteiger partial charge in [0.15, 0.2) is 0 Å². The van der Waals surface area contributed by atoms with Crippen LogP contribution in [-0.2, 0) is 6.61 Å². The van der Waals surface area contributed by atoms with Crippen LogP contribution in [0.3, 0.4) is 0 Å². The number of nitrogens with zero attached hydrogens (tertiary/aromatic N) is 4. The van der Waals surface area contributed by atoms with Crippen molar-refractivity contribution in [1.29, 1.82) is 0 Å². The molecule has 1 aliphatic carbocycles. The van der Waals surface area contributed by atoms with Crippen molar-refractivity contribution in [3.8, 4) is 16.6 Å². The van der Waals surface area contributed by atoms with E-state index in [0.717, 1.165) is 11.5 Å². The summed E-state index contributed by atoms with van der Waals surface area (Å²) in [6.07, 6.45) is 5.63. The van der Waals surface area contributed by atoms with Gasteiger partial charge < -0.3 is 9.47 Å². The number of para-hydroxylation sites is 2. The average molecular weight is 448 g/mol. The number of rotatable bonds is 8. The Balaban J connectivity index is 1.23. The number of hydrogen-bond acceptors (Lipinski definition) is 7. The summed E-state index contributed by atoms with van der Waals surface area (Å²) in [7, 11) is 1.58. The first kappa shape index (κ1) is 20.2. The maximum Gasteiger partial charge on any atom is 0.296 e. The van der Waals surface area contributed by atoms with E-state index in [9.17, 15) is 4.79 Å². The van der Waals surface area contributed by atoms with Crippen LogP contribution in [0.4, 0.5) is 5.13 Å². The molecule has 1 aliphatic rings. The first-order valence-corrected chi connectivity index (χ1v) is 11.0. The molecule has 32 heavy (non-hydrogen) atoms. The number of nitrogens with one attached hydrogen (secondary N) is 1. The molecule has 9 heteroatoms. The van der Waals surface area contributed by atoms with E-state index >= 15 is 0 Å². The third-order valence-electron chi connectivity index (χ3n) is 5.23. The molecule has 0 unspecified atom stereocenters. The molecular formula is C23H21N5O3S. The number of amides is 1. The molecule has 1 fully saturated rings. The van der Waals surface area contributed by atoms with Gasteiger partial charge in [0.25, 0.3) is 11.1 Å². The number of benzene rings is 2. The highest BCUT2D eigenvalue weighted by Crippen LogP contribution is 2.40. The van der Waals surface area contributed by atoms with E-state index in [1.54, 1.807) is 18.0 Å². The number of carbonyl (C=O) groups is 1. The predicted molar refractivity (Wildman–Crippen MR) is 121 cm³/mol. The molecule has 0 bridgehead atoms. The molecule has 2 heterocycles. The van der Waals surface area contributed by atoms with E-state index in [1.807, 2.05) is 24.3 Å². The minimum absolute atomic E-state index is 0.349. The van der Waals surface area contributed by atoms with Crippen LogP contribution in [0.5, 0.6) is 10.9 Å². The molecule has 162 valence electrons. The van der Waals surface area contributed by atoms with Crippen molar-refractivity contribution in [1.82, 2.24) is 19.7 Å². The quantitative estimate of drug-likeness (QED) is 0.429. The second-order valence-corrected chi connectivity index (χ2v) is 8.39. The van der Waals surface area contributed by atoms with Crippen LogP contribution in [-0.4, -0.2) is 32.8 Å². The third-order valence-corrected chi connectivity index (χ3v) is 5.98. The number of aromatic nitrogens is 4. The van der Waals surface area contributed by atoms with Crippen molar-refractivity contribution in [3.05, 3.63) is 77.9 Å². The van der Waals surface area contributed by atoms with Gasteiger partial charge in [0.2, 0.25) is 5.13 Å². The van der Waals surface area contributed by atoms with Crippen LogP contribution >= 0.6 is 11.3 Å². The summed E-state index contributed by atoms with van der Waals surface area (Å²) < 4.78 is 12.8. The third kappa shape index (κ3) is 4.33. The zero-order chi connectivity index (χ0) is 21.9. The molecule has 2 aromatic heterocycles. The standard InChI is InChI=1S/C23H21N5O3S/c1-30-20-5-3-2-4-18(20)28-14-24-12-19(28)21(29)25-22-26-27-23(32-22)31-13-15-6-8-16(9-7-15)17-10-11-17/h2-9,12,14,17H,10-11,13H2,1H3,(H,25,26,29). The Hall–Kier alpha value is -3.72. The summed E-state index contributed by atoms with van der Waals surface area (Å²) in [5, 5.41) is 11.5. The summed E-state index contributed by atoms with van der Waals surface area (Å²) in [6.45, 7) is 0.397. The number of imidazole rings is 1. The van der Waals surface area contributed by atoms with E-state index in [2.05, 4.69) is 44.8 Å². The number of methoxy groups -OCH3 is 1. The Labute approximate surface area is 188 Å². The SMILES string of the molecule is COc1ccccc1-n1cncc1C(=O)Nc1nnc(OCc2ccc(C3CC3)cc2)s1. The first-order valence-electron chi connectivity index (χ1n) is 10.2. The monoisotopic (exact) mass is 447 g/mol. The van der Waals surface area contributed by atoms with Crippen molar-refractivity contribution in [3.63, 3.8) is 0 Å². The zero-order valence-electron chi connectivity index (χ0n) is 17.4. The van der Waals surface area contributed by atoms with E-state index < -0.39 is 0 Å². The highest BCUT2D eigenvalue weighted by Gasteiger charge is 2.23. The molecule has 0 radical (unpaired) electrons. The van der Waals surface area contributed by atoms with Crippen LogP contribution < -0.4 is 14.8 Å². The van der Waals surface area contributed by atoms with E-state index in [4.69, 9.17) is 9.47 Å². The van der Waals surface area contributed by atoms with Gasteiger partial charge in [-0.3, -0.25) is 14.7 Å². The van der Waals surface area contributed by atoms with Gasteiger partial charge >= 0.3 is 0 Å². The second kappa shape index (κ2) is 8.80. The molecule has 2 aromatic carbocycles. The topological polar surface area (TPSA) is 91.2 Å². The van der Waals surface area contributed by atoms with Crippen molar-refractivity contribution in [2.75, 3.05) is 12.4 Å². The Morgan fingerprint density at radius 1 is 1.16 bits per heavy atom. The molecule has 5 rings (SSSR count). The molecule has 0 aliphatic heterocycles. The number of hydrogen-bond donors (Lipinski definition) is 1. The fourth-order valence-electron chi connectivity index (χ4n) is 3.41. The van der Waals surface area contributed by atoms with Gasteiger partial charge in [0.05, 0.1) is 25.3 Å². The summed E-state index contributed by atoms with van der Waals surface area (Å²) in [4.78, 5) is 16.9. The van der Waals surface area contributed by atoms with Crippen molar-refractivity contribution < 1.29 is 14.3 Å². The maximum absolute atomic E-state index is 12.8. The van der Waals surface area contributed by atoms with E-state index in [1.165, 1.54) is 35.9 Å². The van der Waals surface area contributed by atoms with Gasteiger partial charge in [-0.2, -0.15) is 0 Å². The lowest BCUT2D eigenvalue weighted by atomic mass is 10.1. The molecule has 1 amide bonds. The van der Waals surface area contributed by atoms with Gasteiger partial charge in [-0.15, -0.1) is 5.10 Å². The van der Waals surface area contributed by atoms with E-state index in [0.29, 0.717) is 34.1 Å². The van der Waals surface area contributed by atoms with Crippen LogP contribution in [0.15, 0.2) is 61.1 Å². The normalized spacial score (nSPS) is 13.0. The van der Waals surface area contributed by atoms with Crippen LogP contribution in [0.2, 0.25) is 0 Å².